The Morgan fingerprint density at radius 1 is 1.04 bits per heavy atom. The third-order valence-corrected chi connectivity index (χ3v) is 4.42. The summed E-state index contributed by atoms with van der Waals surface area (Å²) in [6.45, 7) is 3.22. The molecule has 0 aliphatic rings. The van der Waals surface area contributed by atoms with Gasteiger partial charge in [-0.3, -0.25) is 14.8 Å². The van der Waals surface area contributed by atoms with E-state index in [-0.39, 0.29) is 11.2 Å². The maximum Gasteiger partial charge on any atom is 0.263 e. The standard InChI is InChI=1S/C19H20ClN3O/c1-2-3-12-22-17-7-5-4-6-16(17)18(24)23(19(22)21)13-14-8-10-15(20)11-9-14/h4-11,21H,2-3,12-13H2,1H3. The SMILES string of the molecule is CCCCn1c(=N)n(Cc2ccc(Cl)cc2)c(=O)c2ccccc21. The largest absolute Gasteiger partial charge is 0.312 e. The zero-order chi connectivity index (χ0) is 17.1. The van der Waals surface area contributed by atoms with Crippen LogP contribution in [0.5, 0.6) is 0 Å². The van der Waals surface area contributed by atoms with Gasteiger partial charge in [0.15, 0.2) is 0 Å². The summed E-state index contributed by atoms with van der Waals surface area (Å²) in [6, 6.07) is 14.9. The highest BCUT2D eigenvalue weighted by Gasteiger charge is 2.10. The van der Waals surface area contributed by atoms with E-state index in [1.165, 1.54) is 4.57 Å². The van der Waals surface area contributed by atoms with Crippen LogP contribution in [0.15, 0.2) is 53.3 Å². The Hall–Kier alpha value is -2.33. The van der Waals surface area contributed by atoms with E-state index in [9.17, 15) is 4.79 Å². The van der Waals surface area contributed by atoms with Gasteiger partial charge in [0.2, 0.25) is 5.62 Å². The Kier molecular flexibility index (Phi) is 4.86. The minimum Gasteiger partial charge on any atom is -0.312 e. The van der Waals surface area contributed by atoms with Gasteiger partial charge in [-0.05, 0) is 36.2 Å². The van der Waals surface area contributed by atoms with Crippen LogP contribution in [-0.4, -0.2) is 9.13 Å². The van der Waals surface area contributed by atoms with E-state index in [2.05, 4.69) is 6.92 Å². The van der Waals surface area contributed by atoms with Crippen LogP contribution in [-0.2, 0) is 13.1 Å². The first kappa shape index (κ1) is 16.5. The van der Waals surface area contributed by atoms with Gasteiger partial charge in [0.05, 0.1) is 17.4 Å². The fourth-order valence-corrected chi connectivity index (χ4v) is 2.98. The summed E-state index contributed by atoms with van der Waals surface area (Å²) in [5.74, 6) is 0. The van der Waals surface area contributed by atoms with Crippen molar-refractivity contribution in [2.24, 2.45) is 0 Å². The van der Waals surface area contributed by atoms with Crippen LogP contribution in [0.25, 0.3) is 10.9 Å². The minimum absolute atomic E-state index is 0.127. The number of unbranched alkanes of at least 4 members (excludes halogenated alkanes) is 1. The van der Waals surface area contributed by atoms with Crippen molar-refractivity contribution < 1.29 is 0 Å². The molecule has 24 heavy (non-hydrogen) atoms. The second-order valence-corrected chi connectivity index (χ2v) is 6.30. The van der Waals surface area contributed by atoms with Gasteiger partial charge in [-0.1, -0.05) is 49.2 Å². The van der Waals surface area contributed by atoms with Crippen LogP contribution in [0.4, 0.5) is 0 Å². The number of para-hydroxylation sites is 1. The second kappa shape index (κ2) is 7.05. The summed E-state index contributed by atoms with van der Waals surface area (Å²) in [5.41, 5.74) is 1.89. The third kappa shape index (κ3) is 3.15. The molecular weight excluding hydrogens is 322 g/mol. The number of nitrogens with zero attached hydrogens (tertiary/aromatic N) is 2. The van der Waals surface area contributed by atoms with E-state index in [1.807, 2.05) is 41.0 Å². The molecule has 2 aromatic carbocycles. The molecule has 4 nitrogen and oxygen atoms in total. The summed E-state index contributed by atoms with van der Waals surface area (Å²) in [5, 5.41) is 9.85. The van der Waals surface area contributed by atoms with E-state index in [1.54, 1.807) is 12.1 Å². The predicted molar refractivity (Wildman–Crippen MR) is 97.5 cm³/mol. The molecule has 0 bridgehead atoms. The van der Waals surface area contributed by atoms with Gasteiger partial charge < -0.3 is 4.57 Å². The van der Waals surface area contributed by atoms with Crippen molar-refractivity contribution in [1.82, 2.24) is 9.13 Å². The van der Waals surface area contributed by atoms with Crippen LogP contribution in [0.3, 0.4) is 0 Å². The Morgan fingerprint density at radius 2 is 1.75 bits per heavy atom. The minimum atomic E-state index is -0.127. The summed E-state index contributed by atoms with van der Waals surface area (Å²) in [6.07, 6.45) is 2.01. The van der Waals surface area contributed by atoms with Crippen LogP contribution < -0.4 is 11.2 Å². The zero-order valence-electron chi connectivity index (χ0n) is 13.6. The topological polar surface area (TPSA) is 50.8 Å². The fraction of sp³-hybridized carbons (Fsp3) is 0.263. The molecule has 0 radical (unpaired) electrons. The predicted octanol–water partition coefficient (Wildman–Crippen LogP) is 3.78. The Labute approximate surface area is 145 Å². The zero-order valence-corrected chi connectivity index (χ0v) is 14.4. The molecule has 0 amide bonds. The molecule has 3 rings (SSSR count). The molecule has 0 saturated heterocycles. The smallest absolute Gasteiger partial charge is 0.263 e. The molecule has 3 aromatic rings. The molecular formula is C19H20ClN3O. The maximum atomic E-state index is 12.9. The average Bonchev–Trinajstić information content (AvgIpc) is 2.60. The molecule has 1 heterocycles. The van der Waals surface area contributed by atoms with Gasteiger partial charge in [0.25, 0.3) is 5.56 Å². The fourth-order valence-electron chi connectivity index (χ4n) is 2.85. The van der Waals surface area contributed by atoms with Crippen LogP contribution in [0, 0.1) is 5.41 Å². The summed E-state index contributed by atoms with van der Waals surface area (Å²) < 4.78 is 3.46. The summed E-state index contributed by atoms with van der Waals surface area (Å²) in [4.78, 5) is 12.9. The van der Waals surface area contributed by atoms with E-state index >= 15 is 0 Å². The normalized spacial score (nSPS) is 11.1. The maximum absolute atomic E-state index is 12.9. The molecule has 1 aromatic heterocycles. The lowest BCUT2D eigenvalue weighted by atomic mass is 10.2. The van der Waals surface area contributed by atoms with Crippen molar-refractivity contribution in [3.63, 3.8) is 0 Å². The van der Waals surface area contributed by atoms with Crippen molar-refractivity contribution in [2.75, 3.05) is 0 Å². The molecule has 0 fully saturated rings. The molecule has 0 aliphatic heterocycles. The number of hydrogen-bond acceptors (Lipinski definition) is 2. The Balaban J connectivity index is 2.18. The van der Waals surface area contributed by atoms with E-state index < -0.39 is 0 Å². The number of halogens is 1. The van der Waals surface area contributed by atoms with E-state index in [4.69, 9.17) is 17.0 Å². The highest BCUT2D eigenvalue weighted by molar-refractivity contribution is 6.30. The number of hydrogen-bond donors (Lipinski definition) is 1. The quantitative estimate of drug-likeness (QED) is 0.754. The van der Waals surface area contributed by atoms with Gasteiger partial charge in [0, 0.05) is 11.6 Å². The monoisotopic (exact) mass is 341 g/mol. The first-order chi connectivity index (χ1) is 11.6. The molecule has 0 unspecified atom stereocenters. The highest BCUT2D eigenvalue weighted by Crippen LogP contribution is 2.12. The van der Waals surface area contributed by atoms with Gasteiger partial charge in [-0.2, -0.15) is 0 Å². The molecule has 0 spiro atoms. The van der Waals surface area contributed by atoms with Crippen molar-refractivity contribution >= 4 is 22.5 Å². The molecule has 1 N–H and O–H groups in total. The number of aromatic nitrogens is 2. The summed E-state index contributed by atoms with van der Waals surface area (Å²) >= 11 is 5.93. The van der Waals surface area contributed by atoms with Crippen molar-refractivity contribution in [3.05, 3.63) is 75.1 Å². The van der Waals surface area contributed by atoms with E-state index in [0.29, 0.717) is 17.0 Å². The number of aryl methyl sites for hydroxylation is 1. The molecule has 5 heteroatoms. The number of rotatable bonds is 5. The van der Waals surface area contributed by atoms with Crippen molar-refractivity contribution in [1.29, 1.82) is 5.41 Å². The first-order valence-corrected chi connectivity index (χ1v) is 8.51. The Morgan fingerprint density at radius 3 is 2.46 bits per heavy atom. The lowest BCUT2D eigenvalue weighted by Crippen LogP contribution is -2.40. The molecule has 124 valence electrons. The van der Waals surface area contributed by atoms with Crippen LogP contribution in [0.2, 0.25) is 5.02 Å². The molecule has 0 saturated carbocycles. The third-order valence-electron chi connectivity index (χ3n) is 4.17. The second-order valence-electron chi connectivity index (χ2n) is 5.86. The number of benzene rings is 2. The lowest BCUT2D eigenvalue weighted by molar-refractivity contribution is 0.551. The summed E-state index contributed by atoms with van der Waals surface area (Å²) in [7, 11) is 0. The first-order valence-electron chi connectivity index (χ1n) is 8.13. The lowest BCUT2D eigenvalue weighted by Gasteiger charge is -2.15. The number of fused-ring (bicyclic) bond motifs is 1. The van der Waals surface area contributed by atoms with Gasteiger partial charge in [0.1, 0.15) is 0 Å². The number of nitrogens with one attached hydrogen (secondary N) is 1. The van der Waals surface area contributed by atoms with Crippen molar-refractivity contribution in [3.8, 4) is 0 Å². The van der Waals surface area contributed by atoms with E-state index in [0.717, 1.165) is 30.5 Å². The highest BCUT2D eigenvalue weighted by atomic mass is 35.5. The van der Waals surface area contributed by atoms with Gasteiger partial charge >= 0.3 is 0 Å². The van der Waals surface area contributed by atoms with Gasteiger partial charge in [-0.25, -0.2) is 0 Å². The van der Waals surface area contributed by atoms with Crippen molar-refractivity contribution in [2.45, 2.75) is 32.9 Å². The average molecular weight is 342 g/mol. The molecule has 0 atom stereocenters. The van der Waals surface area contributed by atoms with Crippen LogP contribution >= 0.6 is 11.6 Å². The molecule has 0 aliphatic carbocycles. The van der Waals surface area contributed by atoms with Gasteiger partial charge in [-0.15, -0.1) is 0 Å². The van der Waals surface area contributed by atoms with Crippen LogP contribution in [0.1, 0.15) is 25.3 Å². The Bertz CT molecular complexity index is 971.